The number of benzene rings is 2. The van der Waals surface area contributed by atoms with Crippen LogP contribution in [0, 0.1) is 5.92 Å². The van der Waals surface area contributed by atoms with Gasteiger partial charge in [0.15, 0.2) is 0 Å². The van der Waals surface area contributed by atoms with E-state index in [0.717, 1.165) is 12.2 Å². The fourth-order valence-corrected chi connectivity index (χ4v) is 4.68. The van der Waals surface area contributed by atoms with Crippen molar-refractivity contribution in [3.63, 3.8) is 0 Å². The SMILES string of the molecule is c1ccc2c(c1)C1CC(CNc3ccncc3)C2c2ccccc21. The Hall–Kier alpha value is -2.61. The van der Waals surface area contributed by atoms with E-state index >= 15 is 0 Å². The molecule has 6 rings (SSSR count). The van der Waals surface area contributed by atoms with Gasteiger partial charge in [0.1, 0.15) is 0 Å². The zero-order valence-corrected chi connectivity index (χ0v) is 13.5. The average molecular weight is 312 g/mol. The first-order chi connectivity index (χ1) is 11.9. The van der Waals surface area contributed by atoms with Crippen LogP contribution < -0.4 is 5.32 Å². The van der Waals surface area contributed by atoms with Crippen molar-refractivity contribution < 1.29 is 0 Å². The minimum absolute atomic E-state index is 0.511. The molecular formula is C22H20N2. The van der Waals surface area contributed by atoms with Gasteiger partial charge >= 0.3 is 0 Å². The van der Waals surface area contributed by atoms with E-state index in [9.17, 15) is 0 Å². The van der Waals surface area contributed by atoms with Crippen LogP contribution >= 0.6 is 0 Å². The molecule has 1 atom stereocenters. The fraction of sp³-hybridized carbons (Fsp3) is 0.227. The van der Waals surface area contributed by atoms with E-state index in [2.05, 4.69) is 58.8 Å². The second-order valence-corrected chi connectivity index (χ2v) is 6.90. The van der Waals surface area contributed by atoms with Gasteiger partial charge in [0.05, 0.1) is 0 Å². The molecule has 1 N–H and O–H groups in total. The number of pyridine rings is 1. The van der Waals surface area contributed by atoms with E-state index in [0.29, 0.717) is 17.8 Å². The Morgan fingerprint density at radius 1 is 0.792 bits per heavy atom. The van der Waals surface area contributed by atoms with Gasteiger partial charge in [-0.1, -0.05) is 48.5 Å². The predicted molar refractivity (Wildman–Crippen MR) is 97.4 cm³/mol. The monoisotopic (exact) mass is 312 g/mol. The molecule has 2 bridgehead atoms. The van der Waals surface area contributed by atoms with Crippen LogP contribution in [0.25, 0.3) is 0 Å². The summed E-state index contributed by atoms with van der Waals surface area (Å²) >= 11 is 0. The summed E-state index contributed by atoms with van der Waals surface area (Å²) in [5, 5.41) is 3.62. The van der Waals surface area contributed by atoms with Crippen molar-refractivity contribution in [2.45, 2.75) is 18.3 Å². The lowest BCUT2D eigenvalue weighted by Crippen LogP contribution is -2.35. The number of fused-ring (bicyclic) bond motifs is 1. The Balaban J connectivity index is 1.52. The molecule has 2 aromatic carbocycles. The molecule has 0 spiro atoms. The standard InChI is InChI=1S/C22H20N2/c1-3-7-19-17(5-1)21-13-15(14-24-16-9-11-23-12-10-16)22(19)20-8-4-2-6-18(20)21/h1-12,15,21-22H,13-14H2,(H,23,24). The lowest BCUT2D eigenvalue weighted by molar-refractivity contribution is 0.372. The van der Waals surface area contributed by atoms with Crippen molar-refractivity contribution in [1.29, 1.82) is 0 Å². The van der Waals surface area contributed by atoms with Crippen LogP contribution in [0.4, 0.5) is 5.69 Å². The lowest BCUT2D eigenvalue weighted by Gasteiger charge is -2.45. The molecule has 2 heteroatoms. The summed E-state index contributed by atoms with van der Waals surface area (Å²) in [5.74, 6) is 1.69. The quantitative estimate of drug-likeness (QED) is 0.752. The average Bonchev–Trinajstić information content (AvgIpc) is 2.67. The molecule has 24 heavy (non-hydrogen) atoms. The molecule has 0 saturated heterocycles. The largest absolute Gasteiger partial charge is 0.385 e. The number of anilines is 1. The highest BCUT2D eigenvalue weighted by Crippen LogP contribution is 2.55. The normalized spacial score (nSPS) is 23.4. The summed E-state index contributed by atoms with van der Waals surface area (Å²) in [6, 6.07) is 22.2. The number of nitrogens with zero attached hydrogens (tertiary/aromatic N) is 1. The topological polar surface area (TPSA) is 24.9 Å². The first-order valence-electron chi connectivity index (χ1n) is 8.73. The van der Waals surface area contributed by atoms with E-state index in [1.165, 1.54) is 17.5 Å². The minimum atomic E-state index is 0.511. The summed E-state index contributed by atoms with van der Waals surface area (Å²) in [6.07, 6.45) is 4.93. The molecule has 2 nitrogen and oxygen atoms in total. The number of nitrogens with one attached hydrogen (secondary N) is 1. The maximum absolute atomic E-state index is 4.10. The Morgan fingerprint density at radius 2 is 1.38 bits per heavy atom. The number of hydrogen-bond acceptors (Lipinski definition) is 2. The molecule has 0 aliphatic heterocycles. The first kappa shape index (κ1) is 13.8. The summed E-state index contributed by atoms with van der Waals surface area (Å²) < 4.78 is 0. The van der Waals surface area contributed by atoms with Crippen molar-refractivity contribution >= 4 is 5.69 Å². The zero-order chi connectivity index (χ0) is 15.9. The Kier molecular flexibility index (Phi) is 3.15. The van der Waals surface area contributed by atoms with Gasteiger partial charge in [0.25, 0.3) is 0 Å². The molecule has 1 unspecified atom stereocenters. The highest BCUT2D eigenvalue weighted by atomic mass is 14.9. The highest BCUT2D eigenvalue weighted by molar-refractivity contribution is 5.56. The van der Waals surface area contributed by atoms with Gasteiger partial charge in [-0.2, -0.15) is 0 Å². The van der Waals surface area contributed by atoms with Crippen molar-refractivity contribution in [2.24, 2.45) is 5.92 Å². The van der Waals surface area contributed by atoms with E-state index in [-0.39, 0.29) is 0 Å². The van der Waals surface area contributed by atoms with E-state index in [1.54, 1.807) is 11.1 Å². The van der Waals surface area contributed by atoms with Gasteiger partial charge in [-0.3, -0.25) is 4.98 Å². The molecular weight excluding hydrogens is 292 g/mol. The molecule has 0 radical (unpaired) electrons. The third kappa shape index (κ3) is 2.06. The first-order valence-corrected chi connectivity index (χ1v) is 8.73. The van der Waals surface area contributed by atoms with Crippen LogP contribution in [-0.2, 0) is 0 Å². The molecule has 0 amide bonds. The molecule has 3 aliphatic carbocycles. The van der Waals surface area contributed by atoms with E-state index in [4.69, 9.17) is 0 Å². The highest BCUT2D eigenvalue weighted by Gasteiger charge is 2.42. The molecule has 3 aromatic rings. The Labute approximate surface area is 142 Å². The molecule has 0 saturated carbocycles. The maximum Gasteiger partial charge on any atom is 0.0371 e. The second-order valence-electron chi connectivity index (χ2n) is 6.90. The van der Waals surface area contributed by atoms with Crippen LogP contribution in [0.15, 0.2) is 73.1 Å². The van der Waals surface area contributed by atoms with Gasteiger partial charge in [-0.25, -0.2) is 0 Å². The molecule has 118 valence electrons. The van der Waals surface area contributed by atoms with Gasteiger partial charge in [-0.15, -0.1) is 0 Å². The minimum Gasteiger partial charge on any atom is -0.385 e. The summed E-state index contributed by atoms with van der Waals surface area (Å²) in [7, 11) is 0. The zero-order valence-electron chi connectivity index (χ0n) is 13.5. The third-order valence-corrected chi connectivity index (χ3v) is 5.67. The molecule has 1 heterocycles. The maximum atomic E-state index is 4.10. The van der Waals surface area contributed by atoms with Crippen molar-refractivity contribution in [3.8, 4) is 0 Å². The lowest BCUT2D eigenvalue weighted by atomic mass is 9.59. The van der Waals surface area contributed by atoms with Gasteiger partial charge in [-0.05, 0) is 46.7 Å². The fourth-order valence-electron chi connectivity index (χ4n) is 4.68. The molecule has 0 fully saturated rings. The van der Waals surface area contributed by atoms with Crippen LogP contribution in [0.3, 0.4) is 0 Å². The summed E-state index contributed by atoms with van der Waals surface area (Å²) in [6.45, 7) is 1.01. The summed E-state index contributed by atoms with van der Waals surface area (Å²) in [5.41, 5.74) is 7.32. The van der Waals surface area contributed by atoms with Crippen LogP contribution in [0.1, 0.15) is 40.5 Å². The Morgan fingerprint density at radius 3 is 2.00 bits per heavy atom. The third-order valence-electron chi connectivity index (χ3n) is 5.67. The van der Waals surface area contributed by atoms with E-state index in [1.807, 2.05) is 24.5 Å². The second kappa shape index (κ2) is 5.48. The van der Waals surface area contributed by atoms with E-state index < -0.39 is 0 Å². The van der Waals surface area contributed by atoms with Gasteiger partial charge in [0.2, 0.25) is 0 Å². The van der Waals surface area contributed by atoms with Crippen LogP contribution in [0.5, 0.6) is 0 Å². The van der Waals surface area contributed by atoms with Crippen molar-refractivity contribution in [3.05, 3.63) is 95.3 Å². The predicted octanol–water partition coefficient (Wildman–Crippen LogP) is 4.79. The molecule has 1 aromatic heterocycles. The number of hydrogen-bond donors (Lipinski definition) is 1. The van der Waals surface area contributed by atoms with Crippen LogP contribution in [-0.4, -0.2) is 11.5 Å². The summed E-state index contributed by atoms with van der Waals surface area (Å²) in [4.78, 5) is 4.10. The van der Waals surface area contributed by atoms with Gasteiger partial charge < -0.3 is 5.32 Å². The Bertz CT molecular complexity index is 824. The van der Waals surface area contributed by atoms with Gasteiger partial charge in [0, 0.05) is 36.5 Å². The van der Waals surface area contributed by atoms with Crippen molar-refractivity contribution in [1.82, 2.24) is 4.98 Å². The smallest absolute Gasteiger partial charge is 0.0371 e. The number of rotatable bonds is 3. The van der Waals surface area contributed by atoms with Crippen molar-refractivity contribution in [2.75, 3.05) is 11.9 Å². The molecule has 3 aliphatic rings. The van der Waals surface area contributed by atoms with Crippen LogP contribution in [0.2, 0.25) is 0 Å². The number of aromatic nitrogens is 1.